The summed E-state index contributed by atoms with van der Waals surface area (Å²) in [6, 6.07) is 14.5. The van der Waals surface area contributed by atoms with Crippen molar-refractivity contribution in [3.8, 4) is 5.75 Å². The molecule has 1 aliphatic rings. The average Bonchev–Trinajstić information content (AvgIpc) is 2.78. The Morgan fingerprint density at radius 1 is 1.10 bits per heavy atom. The van der Waals surface area contributed by atoms with E-state index in [1.807, 2.05) is 18.2 Å². The van der Waals surface area contributed by atoms with E-state index in [9.17, 15) is 0 Å². The summed E-state index contributed by atoms with van der Waals surface area (Å²) in [5, 5.41) is 7.42. The highest BCUT2D eigenvalue weighted by atomic mass is 127. The van der Waals surface area contributed by atoms with Crippen LogP contribution in [0.2, 0.25) is 5.02 Å². The third kappa shape index (κ3) is 8.48. The standard InChI is InChI=1S/C23H31ClN4O2.HI/c1-25-23(26-10-9-20-7-8-21(29-2)15-22(20)24)27-16-18-3-5-19(6-4-18)17-28-11-13-30-14-12-28;/h3-8,15H,9-14,16-17H2,1-2H3,(H2,25,26,27);1H. The van der Waals surface area contributed by atoms with Gasteiger partial charge in [0, 0.05) is 44.8 Å². The van der Waals surface area contributed by atoms with E-state index in [0.717, 1.165) is 74.7 Å². The van der Waals surface area contributed by atoms with Gasteiger partial charge in [-0.05, 0) is 35.2 Å². The number of morpholine rings is 1. The molecule has 0 atom stereocenters. The normalized spacial score (nSPS) is 14.6. The van der Waals surface area contributed by atoms with Gasteiger partial charge in [0.2, 0.25) is 0 Å². The van der Waals surface area contributed by atoms with Gasteiger partial charge in [-0.2, -0.15) is 0 Å². The Labute approximate surface area is 207 Å². The Morgan fingerprint density at radius 2 is 1.81 bits per heavy atom. The van der Waals surface area contributed by atoms with Crippen LogP contribution >= 0.6 is 35.6 Å². The van der Waals surface area contributed by atoms with Gasteiger partial charge in [0.1, 0.15) is 5.75 Å². The third-order valence-corrected chi connectivity index (χ3v) is 5.52. The molecule has 1 fully saturated rings. The molecular formula is C23H32ClIN4O2. The predicted molar refractivity (Wildman–Crippen MR) is 138 cm³/mol. The Hall–Kier alpha value is -1.55. The molecule has 31 heavy (non-hydrogen) atoms. The highest BCUT2D eigenvalue weighted by molar-refractivity contribution is 14.0. The summed E-state index contributed by atoms with van der Waals surface area (Å²) >= 11 is 6.31. The smallest absolute Gasteiger partial charge is 0.191 e. The van der Waals surface area contributed by atoms with E-state index < -0.39 is 0 Å². The first kappa shape index (κ1) is 25.7. The van der Waals surface area contributed by atoms with Crippen molar-refractivity contribution < 1.29 is 9.47 Å². The van der Waals surface area contributed by atoms with Crippen LogP contribution in [-0.2, 0) is 24.2 Å². The molecule has 0 unspecified atom stereocenters. The number of aliphatic imine (C=N–C) groups is 1. The van der Waals surface area contributed by atoms with Crippen LogP contribution in [0, 0.1) is 0 Å². The zero-order chi connectivity index (χ0) is 21.2. The fourth-order valence-electron chi connectivity index (χ4n) is 3.36. The zero-order valence-electron chi connectivity index (χ0n) is 18.2. The van der Waals surface area contributed by atoms with E-state index in [0.29, 0.717) is 0 Å². The van der Waals surface area contributed by atoms with Crippen LogP contribution in [0.15, 0.2) is 47.5 Å². The Bertz CT molecular complexity index is 827. The first-order valence-corrected chi connectivity index (χ1v) is 10.7. The first-order chi connectivity index (χ1) is 14.7. The van der Waals surface area contributed by atoms with Crippen molar-refractivity contribution in [2.75, 3.05) is 47.0 Å². The van der Waals surface area contributed by atoms with E-state index in [4.69, 9.17) is 21.1 Å². The van der Waals surface area contributed by atoms with Gasteiger partial charge in [-0.15, -0.1) is 24.0 Å². The van der Waals surface area contributed by atoms with Crippen molar-refractivity contribution in [3.63, 3.8) is 0 Å². The van der Waals surface area contributed by atoms with Gasteiger partial charge in [-0.1, -0.05) is 41.9 Å². The summed E-state index contributed by atoms with van der Waals surface area (Å²) < 4.78 is 10.6. The SMILES string of the molecule is CN=C(NCCc1ccc(OC)cc1Cl)NCc1ccc(CN2CCOCC2)cc1.I. The molecular weight excluding hydrogens is 527 g/mol. The number of ether oxygens (including phenoxy) is 2. The second kappa shape index (κ2) is 13.8. The lowest BCUT2D eigenvalue weighted by atomic mass is 10.1. The van der Waals surface area contributed by atoms with Crippen LogP contribution in [-0.4, -0.2) is 57.9 Å². The monoisotopic (exact) mass is 558 g/mol. The van der Waals surface area contributed by atoms with E-state index in [1.165, 1.54) is 11.1 Å². The number of nitrogens with one attached hydrogen (secondary N) is 2. The molecule has 0 aromatic heterocycles. The highest BCUT2D eigenvalue weighted by Gasteiger charge is 2.10. The van der Waals surface area contributed by atoms with Crippen molar-refractivity contribution >= 4 is 41.5 Å². The molecule has 1 saturated heterocycles. The molecule has 1 aliphatic heterocycles. The summed E-state index contributed by atoms with van der Waals surface area (Å²) in [5.74, 6) is 1.54. The maximum absolute atomic E-state index is 6.31. The maximum Gasteiger partial charge on any atom is 0.191 e. The van der Waals surface area contributed by atoms with Crippen LogP contribution in [0.25, 0.3) is 0 Å². The fraction of sp³-hybridized carbons (Fsp3) is 0.435. The summed E-state index contributed by atoms with van der Waals surface area (Å²) in [6.07, 6.45) is 0.805. The molecule has 0 radical (unpaired) electrons. The van der Waals surface area contributed by atoms with Gasteiger partial charge < -0.3 is 20.1 Å². The Balaban J connectivity index is 0.00000341. The predicted octanol–water partition coefficient (Wildman–Crippen LogP) is 3.71. The molecule has 2 aromatic carbocycles. The number of hydrogen-bond acceptors (Lipinski definition) is 4. The molecule has 2 aromatic rings. The molecule has 8 heteroatoms. The van der Waals surface area contributed by atoms with Crippen molar-refractivity contribution in [1.29, 1.82) is 0 Å². The largest absolute Gasteiger partial charge is 0.497 e. The van der Waals surface area contributed by atoms with Crippen LogP contribution in [0.1, 0.15) is 16.7 Å². The van der Waals surface area contributed by atoms with E-state index in [1.54, 1.807) is 14.2 Å². The minimum Gasteiger partial charge on any atom is -0.497 e. The van der Waals surface area contributed by atoms with Gasteiger partial charge >= 0.3 is 0 Å². The number of nitrogens with zero attached hydrogens (tertiary/aromatic N) is 2. The number of rotatable bonds is 8. The molecule has 0 spiro atoms. The highest BCUT2D eigenvalue weighted by Crippen LogP contribution is 2.22. The molecule has 0 amide bonds. The fourth-order valence-corrected chi connectivity index (χ4v) is 3.62. The number of methoxy groups -OCH3 is 1. The summed E-state index contributed by atoms with van der Waals surface area (Å²) in [4.78, 5) is 6.73. The third-order valence-electron chi connectivity index (χ3n) is 5.16. The maximum atomic E-state index is 6.31. The molecule has 0 bridgehead atoms. The van der Waals surface area contributed by atoms with Gasteiger partial charge in [0.05, 0.1) is 20.3 Å². The molecule has 170 valence electrons. The van der Waals surface area contributed by atoms with E-state index in [2.05, 4.69) is 44.8 Å². The van der Waals surface area contributed by atoms with Crippen molar-refractivity contribution in [3.05, 3.63) is 64.2 Å². The lowest BCUT2D eigenvalue weighted by Gasteiger charge is -2.26. The quantitative estimate of drug-likeness (QED) is 0.294. The van der Waals surface area contributed by atoms with Crippen molar-refractivity contribution in [1.82, 2.24) is 15.5 Å². The summed E-state index contributed by atoms with van der Waals surface area (Å²) in [6.45, 7) is 6.12. The molecule has 2 N–H and O–H groups in total. The topological polar surface area (TPSA) is 58.1 Å². The molecule has 0 aliphatic carbocycles. The van der Waals surface area contributed by atoms with Crippen LogP contribution in [0.5, 0.6) is 5.75 Å². The Morgan fingerprint density at radius 3 is 2.45 bits per heavy atom. The minimum atomic E-state index is 0. The molecule has 1 heterocycles. The van der Waals surface area contributed by atoms with Crippen LogP contribution in [0.4, 0.5) is 0 Å². The average molecular weight is 559 g/mol. The van der Waals surface area contributed by atoms with Crippen molar-refractivity contribution in [2.45, 2.75) is 19.5 Å². The van der Waals surface area contributed by atoms with Gasteiger partial charge in [0.15, 0.2) is 5.96 Å². The lowest BCUT2D eigenvalue weighted by molar-refractivity contribution is 0.0342. The Kier molecular flexibility index (Phi) is 11.4. The number of halogens is 2. The van der Waals surface area contributed by atoms with Gasteiger partial charge in [-0.25, -0.2) is 0 Å². The van der Waals surface area contributed by atoms with Crippen LogP contribution in [0.3, 0.4) is 0 Å². The summed E-state index contributed by atoms with van der Waals surface area (Å²) in [7, 11) is 3.42. The molecule has 0 saturated carbocycles. The molecule has 3 rings (SSSR count). The summed E-state index contributed by atoms with van der Waals surface area (Å²) in [5.41, 5.74) is 3.64. The second-order valence-electron chi connectivity index (χ2n) is 7.26. The number of benzene rings is 2. The van der Waals surface area contributed by atoms with Crippen molar-refractivity contribution in [2.24, 2.45) is 4.99 Å². The zero-order valence-corrected chi connectivity index (χ0v) is 21.3. The lowest BCUT2D eigenvalue weighted by Crippen LogP contribution is -2.37. The van der Waals surface area contributed by atoms with E-state index in [-0.39, 0.29) is 24.0 Å². The first-order valence-electron chi connectivity index (χ1n) is 10.3. The van der Waals surface area contributed by atoms with Crippen LogP contribution < -0.4 is 15.4 Å². The second-order valence-corrected chi connectivity index (χ2v) is 7.67. The van der Waals surface area contributed by atoms with E-state index >= 15 is 0 Å². The molecule has 6 nitrogen and oxygen atoms in total. The minimum absolute atomic E-state index is 0. The van der Waals surface area contributed by atoms with Gasteiger partial charge in [-0.3, -0.25) is 9.89 Å². The van der Waals surface area contributed by atoms with Gasteiger partial charge in [0.25, 0.3) is 0 Å². The number of guanidine groups is 1. The number of hydrogen-bond donors (Lipinski definition) is 2.